The molecule has 0 saturated heterocycles. The van der Waals surface area contributed by atoms with Gasteiger partial charge in [-0.25, -0.2) is 0 Å². The van der Waals surface area contributed by atoms with E-state index in [9.17, 15) is 0 Å². The van der Waals surface area contributed by atoms with Gasteiger partial charge < -0.3 is 9.47 Å². The highest BCUT2D eigenvalue weighted by Crippen LogP contribution is 2.33. The normalized spacial score (nSPS) is 17.9. The van der Waals surface area contributed by atoms with Crippen LogP contribution in [0.4, 0.5) is 0 Å². The molecule has 0 N–H and O–H groups in total. The monoisotopic (exact) mass is 358 g/mol. The van der Waals surface area contributed by atoms with E-state index in [0.29, 0.717) is 0 Å². The van der Waals surface area contributed by atoms with Gasteiger partial charge >= 0.3 is 0 Å². The van der Waals surface area contributed by atoms with Crippen molar-refractivity contribution in [2.24, 2.45) is 0 Å². The molecule has 1 heterocycles. The van der Waals surface area contributed by atoms with Crippen LogP contribution in [0.3, 0.4) is 0 Å². The fraction of sp³-hybridized carbons (Fsp3) is 0.467. The highest BCUT2D eigenvalue weighted by Gasteiger charge is 2.22. The Balaban J connectivity index is 2.24. The molecule has 98 valence electrons. The van der Waals surface area contributed by atoms with Crippen LogP contribution in [0.2, 0.25) is 0 Å². The summed E-state index contributed by atoms with van der Waals surface area (Å²) < 4.78 is 13.0. The van der Waals surface area contributed by atoms with Crippen LogP contribution in [0, 0.1) is 3.57 Å². The number of ether oxygens (including phenoxy) is 2. The van der Waals surface area contributed by atoms with Gasteiger partial charge in [0, 0.05) is 9.13 Å². The lowest BCUT2D eigenvalue weighted by Crippen LogP contribution is -2.26. The van der Waals surface area contributed by atoms with Crippen LogP contribution >= 0.6 is 22.6 Å². The zero-order chi connectivity index (χ0) is 13.0. The average Bonchev–Trinajstić information content (AvgIpc) is 2.36. The summed E-state index contributed by atoms with van der Waals surface area (Å²) in [5, 5.41) is 0. The Bertz CT molecular complexity index is 440. The molecule has 1 aliphatic rings. The molecule has 18 heavy (non-hydrogen) atoms. The summed E-state index contributed by atoms with van der Waals surface area (Å²) in [6.07, 6.45) is 5.18. The molecular weight excluding hydrogens is 339 g/mol. The van der Waals surface area contributed by atoms with Crippen molar-refractivity contribution >= 4 is 28.7 Å². The van der Waals surface area contributed by atoms with Gasteiger partial charge in [-0.15, -0.1) is 0 Å². The predicted molar refractivity (Wildman–Crippen MR) is 82.7 cm³/mol. The molecule has 0 aromatic heterocycles. The van der Waals surface area contributed by atoms with Crippen LogP contribution in [0.15, 0.2) is 23.8 Å². The maximum atomic E-state index is 5.96. The maximum absolute atomic E-state index is 5.96. The van der Waals surface area contributed by atoms with E-state index >= 15 is 0 Å². The number of benzene rings is 1. The summed E-state index contributed by atoms with van der Waals surface area (Å²) >= 11 is 2.33. The molecule has 0 amide bonds. The molecule has 3 heteroatoms. The number of hydrogen-bond donors (Lipinski definition) is 0. The third kappa shape index (κ3) is 3.26. The van der Waals surface area contributed by atoms with Crippen molar-refractivity contribution in [3.63, 3.8) is 0 Å². The summed E-state index contributed by atoms with van der Waals surface area (Å²) in [7, 11) is 0. The SMILES string of the molecule is CCCOC1Oc2ccc(I)cc2C=C1CCC. The topological polar surface area (TPSA) is 18.5 Å². The first kappa shape index (κ1) is 13.9. The molecule has 0 radical (unpaired) electrons. The third-order valence-corrected chi connectivity index (χ3v) is 3.53. The number of hydrogen-bond acceptors (Lipinski definition) is 2. The molecule has 1 aromatic rings. The zero-order valence-electron chi connectivity index (χ0n) is 10.9. The van der Waals surface area contributed by atoms with Gasteiger partial charge in [0.15, 0.2) is 0 Å². The molecule has 2 nitrogen and oxygen atoms in total. The van der Waals surface area contributed by atoms with Gasteiger partial charge in [-0.2, -0.15) is 0 Å². The smallest absolute Gasteiger partial charge is 0.223 e. The van der Waals surface area contributed by atoms with Crippen molar-refractivity contribution in [3.8, 4) is 5.75 Å². The van der Waals surface area contributed by atoms with Crippen molar-refractivity contribution in [1.29, 1.82) is 0 Å². The standard InChI is InChI=1S/C15H19IO2/c1-3-5-11-9-12-10-13(16)6-7-14(12)18-15(11)17-8-4-2/h6-7,9-10,15H,3-5,8H2,1-2H3. The maximum Gasteiger partial charge on any atom is 0.223 e. The van der Waals surface area contributed by atoms with Crippen LogP contribution in [-0.4, -0.2) is 12.9 Å². The van der Waals surface area contributed by atoms with Crippen molar-refractivity contribution < 1.29 is 9.47 Å². The number of rotatable bonds is 5. The second-order valence-corrected chi connectivity index (χ2v) is 5.72. The van der Waals surface area contributed by atoms with Gasteiger partial charge in [-0.1, -0.05) is 20.3 Å². The zero-order valence-corrected chi connectivity index (χ0v) is 13.1. The fourth-order valence-electron chi connectivity index (χ4n) is 2.04. The minimum Gasteiger partial charge on any atom is -0.460 e. The van der Waals surface area contributed by atoms with E-state index in [1.165, 1.54) is 14.7 Å². The van der Waals surface area contributed by atoms with E-state index in [2.05, 4.69) is 54.6 Å². The Hall–Kier alpha value is -0.550. The Morgan fingerprint density at radius 1 is 1.28 bits per heavy atom. The third-order valence-electron chi connectivity index (χ3n) is 2.86. The quantitative estimate of drug-likeness (QED) is 0.715. The summed E-state index contributed by atoms with van der Waals surface area (Å²) in [6.45, 7) is 5.04. The van der Waals surface area contributed by atoms with E-state index in [1.807, 2.05) is 6.07 Å². The van der Waals surface area contributed by atoms with Crippen LogP contribution in [0.1, 0.15) is 38.7 Å². The Morgan fingerprint density at radius 3 is 2.83 bits per heavy atom. The van der Waals surface area contributed by atoms with E-state index in [0.717, 1.165) is 31.6 Å². The molecule has 1 atom stereocenters. The molecule has 0 bridgehead atoms. The minimum absolute atomic E-state index is 0.197. The Kier molecular flexibility index (Phi) is 5.06. The summed E-state index contributed by atoms with van der Waals surface area (Å²) in [5.74, 6) is 0.927. The molecule has 0 fully saturated rings. The van der Waals surface area contributed by atoms with E-state index in [-0.39, 0.29) is 6.29 Å². The molecule has 0 aliphatic carbocycles. The minimum atomic E-state index is -0.197. The van der Waals surface area contributed by atoms with Gasteiger partial charge in [0.1, 0.15) is 5.75 Å². The Labute approximate surface area is 123 Å². The molecule has 1 unspecified atom stereocenters. The first-order valence-corrected chi connectivity index (χ1v) is 7.60. The van der Waals surface area contributed by atoms with Gasteiger partial charge in [0.25, 0.3) is 0 Å². The number of halogens is 1. The Morgan fingerprint density at radius 2 is 2.11 bits per heavy atom. The van der Waals surface area contributed by atoms with E-state index in [4.69, 9.17) is 9.47 Å². The largest absolute Gasteiger partial charge is 0.460 e. The van der Waals surface area contributed by atoms with Crippen LogP contribution in [0.5, 0.6) is 5.75 Å². The van der Waals surface area contributed by atoms with E-state index < -0.39 is 0 Å². The number of fused-ring (bicyclic) bond motifs is 1. The first-order valence-electron chi connectivity index (χ1n) is 6.53. The fourth-order valence-corrected chi connectivity index (χ4v) is 2.56. The average molecular weight is 358 g/mol. The molecular formula is C15H19IO2. The van der Waals surface area contributed by atoms with Crippen molar-refractivity contribution in [3.05, 3.63) is 32.9 Å². The molecule has 0 spiro atoms. The van der Waals surface area contributed by atoms with Crippen molar-refractivity contribution in [2.75, 3.05) is 6.61 Å². The van der Waals surface area contributed by atoms with Gasteiger partial charge in [0.2, 0.25) is 6.29 Å². The van der Waals surface area contributed by atoms with Gasteiger partial charge in [0.05, 0.1) is 6.61 Å². The van der Waals surface area contributed by atoms with Gasteiger partial charge in [-0.05, 0) is 65.3 Å². The molecule has 1 aromatic carbocycles. The second-order valence-electron chi connectivity index (χ2n) is 4.47. The molecule has 2 rings (SSSR count). The van der Waals surface area contributed by atoms with Crippen molar-refractivity contribution in [2.45, 2.75) is 39.4 Å². The second kappa shape index (κ2) is 6.57. The predicted octanol–water partition coefficient (Wildman–Crippen LogP) is 4.62. The lowest BCUT2D eigenvalue weighted by molar-refractivity contribution is -0.0568. The van der Waals surface area contributed by atoms with Crippen LogP contribution < -0.4 is 4.74 Å². The van der Waals surface area contributed by atoms with Crippen LogP contribution in [-0.2, 0) is 4.74 Å². The molecule has 1 aliphatic heterocycles. The lowest BCUT2D eigenvalue weighted by atomic mass is 10.0. The summed E-state index contributed by atoms with van der Waals surface area (Å²) in [6, 6.07) is 6.25. The summed E-state index contributed by atoms with van der Waals surface area (Å²) in [5.41, 5.74) is 2.42. The highest BCUT2D eigenvalue weighted by molar-refractivity contribution is 14.1. The lowest BCUT2D eigenvalue weighted by Gasteiger charge is -2.27. The first-order chi connectivity index (χ1) is 8.74. The van der Waals surface area contributed by atoms with Crippen LogP contribution in [0.25, 0.3) is 6.08 Å². The van der Waals surface area contributed by atoms with Gasteiger partial charge in [-0.3, -0.25) is 0 Å². The van der Waals surface area contributed by atoms with Crippen molar-refractivity contribution in [1.82, 2.24) is 0 Å². The van der Waals surface area contributed by atoms with E-state index in [1.54, 1.807) is 0 Å². The highest BCUT2D eigenvalue weighted by atomic mass is 127. The molecule has 0 saturated carbocycles. The summed E-state index contributed by atoms with van der Waals surface area (Å²) in [4.78, 5) is 0.